The summed E-state index contributed by atoms with van der Waals surface area (Å²) in [4.78, 5) is 1.33. The molecule has 0 atom stereocenters. The fraction of sp³-hybridized carbons (Fsp3) is 0.0667. The molecule has 0 aliphatic carbocycles. The Kier molecular flexibility index (Phi) is 3.35. The van der Waals surface area contributed by atoms with Crippen molar-refractivity contribution in [2.75, 3.05) is 5.32 Å². The number of anilines is 1. The van der Waals surface area contributed by atoms with Gasteiger partial charge in [-0.3, -0.25) is 0 Å². The van der Waals surface area contributed by atoms with Crippen LogP contribution < -0.4 is 5.32 Å². The van der Waals surface area contributed by atoms with E-state index < -0.39 is 0 Å². The van der Waals surface area contributed by atoms with Crippen LogP contribution in [0, 0.1) is 0 Å². The molecule has 18 heavy (non-hydrogen) atoms. The molecule has 0 aliphatic rings. The first kappa shape index (κ1) is 11.8. The molecule has 3 heteroatoms. The van der Waals surface area contributed by atoms with Crippen molar-refractivity contribution in [2.24, 2.45) is 0 Å². The SMILES string of the molecule is Brc1csc(CNc2ccc3ccccc3c2)c1. The zero-order chi connectivity index (χ0) is 12.4. The second-order valence-corrected chi connectivity index (χ2v) is 6.06. The number of thiophene rings is 1. The van der Waals surface area contributed by atoms with Crippen molar-refractivity contribution in [2.45, 2.75) is 6.54 Å². The Bertz CT molecular complexity index is 675. The third-order valence-electron chi connectivity index (χ3n) is 2.84. The molecule has 1 nitrogen and oxygen atoms in total. The number of hydrogen-bond donors (Lipinski definition) is 1. The molecule has 1 aromatic heterocycles. The van der Waals surface area contributed by atoms with Gasteiger partial charge in [0, 0.05) is 27.0 Å². The summed E-state index contributed by atoms with van der Waals surface area (Å²) in [5.74, 6) is 0. The molecule has 0 saturated carbocycles. The summed E-state index contributed by atoms with van der Waals surface area (Å²) >= 11 is 5.24. The summed E-state index contributed by atoms with van der Waals surface area (Å²) in [6, 6.07) is 17.0. The molecule has 90 valence electrons. The Labute approximate surface area is 119 Å². The van der Waals surface area contributed by atoms with Gasteiger partial charge >= 0.3 is 0 Å². The van der Waals surface area contributed by atoms with E-state index >= 15 is 0 Å². The monoisotopic (exact) mass is 317 g/mol. The van der Waals surface area contributed by atoms with Crippen molar-refractivity contribution in [3.8, 4) is 0 Å². The molecule has 0 aliphatic heterocycles. The third-order valence-corrected chi connectivity index (χ3v) is 4.54. The number of nitrogens with one attached hydrogen (secondary N) is 1. The lowest BCUT2D eigenvalue weighted by Gasteiger charge is -2.06. The van der Waals surface area contributed by atoms with Crippen LogP contribution in [0.15, 0.2) is 58.4 Å². The molecule has 0 unspecified atom stereocenters. The van der Waals surface area contributed by atoms with Crippen LogP contribution in [0.25, 0.3) is 10.8 Å². The summed E-state index contributed by atoms with van der Waals surface area (Å²) < 4.78 is 1.16. The first-order chi connectivity index (χ1) is 8.81. The highest BCUT2D eigenvalue weighted by atomic mass is 79.9. The number of rotatable bonds is 3. The summed E-state index contributed by atoms with van der Waals surface area (Å²) in [5, 5.41) is 8.12. The molecule has 1 N–H and O–H groups in total. The maximum atomic E-state index is 3.47. The van der Waals surface area contributed by atoms with Gasteiger partial charge in [-0.05, 0) is 44.9 Å². The molecule has 0 radical (unpaired) electrons. The second kappa shape index (κ2) is 5.12. The Morgan fingerprint density at radius 2 is 1.83 bits per heavy atom. The van der Waals surface area contributed by atoms with E-state index in [0.717, 1.165) is 11.0 Å². The molecule has 0 fully saturated rings. The Balaban J connectivity index is 1.78. The highest BCUT2D eigenvalue weighted by molar-refractivity contribution is 9.10. The average molecular weight is 318 g/mol. The molecule has 0 saturated heterocycles. The molecule has 2 aromatic carbocycles. The third kappa shape index (κ3) is 2.57. The first-order valence-electron chi connectivity index (χ1n) is 5.77. The lowest BCUT2D eigenvalue weighted by Crippen LogP contribution is -1.96. The highest BCUT2D eigenvalue weighted by Crippen LogP contribution is 2.22. The fourth-order valence-corrected chi connectivity index (χ4v) is 3.33. The summed E-state index contributed by atoms with van der Waals surface area (Å²) in [6.45, 7) is 0.870. The predicted octanol–water partition coefficient (Wildman–Crippen LogP) is 5.28. The number of fused-ring (bicyclic) bond motifs is 1. The summed E-state index contributed by atoms with van der Waals surface area (Å²) in [6.07, 6.45) is 0. The van der Waals surface area contributed by atoms with Crippen molar-refractivity contribution in [3.05, 3.63) is 63.3 Å². The molecule has 0 bridgehead atoms. The van der Waals surface area contributed by atoms with Gasteiger partial charge in [0.15, 0.2) is 0 Å². The molecule has 0 amide bonds. The quantitative estimate of drug-likeness (QED) is 0.693. The molecule has 3 rings (SSSR count). The average Bonchev–Trinajstić information content (AvgIpc) is 2.82. The molecular formula is C15H12BrNS. The zero-order valence-electron chi connectivity index (χ0n) is 9.69. The molecule has 0 spiro atoms. The van der Waals surface area contributed by atoms with Gasteiger partial charge in [-0.2, -0.15) is 0 Å². The first-order valence-corrected chi connectivity index (χ1v) is 7.44. The van der Waals surface area contributed by atoms with Crippen LogP contribution >= 0.6 is 27.3 Å². The largest absolute Gasteiger partial charge is 0.380 e. The van der Waals surface area contributed by atoms with Gasteiger partial charge in [-0.25, -0.2) is 0 Å². The van der Waals surface area contributed by atoms with E-state index in [-0.39, 0.29) is 0 Å². The lowest BCUT2D eigenvalue weighted by atomic mass is 10.1. The van der Waals surface area contributed by atoms with Crippen LogP contribution in [0.4, 0.5) is 5.69 Å². The Morgan fingerprint density at radius 3 is 2.61 bits per heavy atom. The van der Waals surface area contributed by atoms with Gasteiger partial charge in [0.1, 0.15) is 0 Å². The van der Waals surface area contributed by atoms with Gasteiger partial charge < -0.3 is 5.32 Å². The minimum absolute atomic E-state index is 0.870. The fourth-order valence-electron chi connectivity index (χ4n) is 1.93. The van der Waals surface area contributed by atoms with E-state index in [1.165, 1.54) is 21.3 Å². The van der Waals surface area contributed by atoms with Gasteiger partial charge in [0.25, 0.3) is 0 Å². The van der Waals surface area contributed by atoms with Crippen LogP contribution in [0.1, 0.15) is 4.88 Å². The minimum atomic E-state index is 0.870. The van der Waals surface area contributed by atoms with E-state index in [0.29, 0.717) is 0 Å². The van der Waals surface area contributed by atoms with Crippen LogP contribution in [-0.2, 0) is 6.54 Å². The highest BCUT2D eigenvalue weighted by Gasteiger charge is 1.99. The van der Waals surface area contributed by atoms with Crippen molar-refractivity contribution in [1.29, 1.82) is 0 Å². The maximum Gasteiger partial charge on any atom is 0.0494 e. The van der Waals surface area contributed by atoms with Crippen LogP contribution in [0.5, 0.6) is 0 Å². The van der Waals surface area contributed by atoms with Gasteiger partial charge in [-0.15, -0.1) is 11.3 Å². The maximum absolute atomic E-state index is 3.47. The normalized spacial score (nSPS) is 10.7. The Hall–Kier alpha value is -1.32. The number of hydrogen-bond acceptors (Lipinski definition) is 2. The van der Waals surface area contributed by atoms with E-state index in [9.17, 15) is 0 Å². The predicted molar refractivity (Wildman–Crippen MR) is 83.3 cm³/mol. The molecule has 1 heterocycles. The van der Waals surface area contributed by atoms with Gasteiger partial charge in [-0.1, -0.05) is 30.3 Å². The topological polar surface area (TPSA) is 12.0 Å². The minimum Gasteiger partial charge on any atom is -0.380 e. The van der Waals surface area contributed by atoms with Crippen LogP contribution in [0.3, 0.4) is 0 Å². The van der Waals surface area contributed by atoms with Crippen molar-refractivity contribution >= 4 is 43.7 Å². The van der Waals surface area contributed by atoms with Crippen LogP contribution in [0.2, 0.25) is 0 Å². The van der Waals surface area contributed by atoms with E-state index in [1.807, 2.05) is 0 Å². The van der Waals surface area contributed by atoms with Crippen molar-refractivity contribution in [3.63, 3.8) is 0 Å². The Morgan fingerprint density at radius 1 is 1.00 bits per heavy atom. The second-order valence-electron chi connectivity index (χ2n) is 4.15. The molecular weight excluding hydrogens is 306 g/mol. The lowest BCUT2D eigenvalue weighted by molar-refractivity contribution is 1.19. The number of halogens is 1. The van der Waals surface area contributed by atoms with Gasteiger partial charge in [0.2, 0.25) is 0 Å². The van der Waals surface area contributed by atoms with Gasteiger partial charge in [0.05, 0.1) is 0 Å². The summed E-state index contributed by atoms with van der Waals surface area (Å²) in [5.41, 5.74) is 1.17. The van der Waals surface area contributed by atoms with Crippen LogP contribution in [-0.4, -0.2) is 0 Å². The van der Waals surface area contributed by atoms with Crippen molar-refractivity contribution < 1.29 is 0 Å². The summed E-state index contributed by atoms with van der Waals surface area (Å²) in [7, 11) is 0. The van der Waals surface area contributed by atoms with E-state index in [1.54, 1.807) is 11.3 Å². The smallest absolute Gasteiger partial charge is 0.0494 e. The number of benzene rings is 2. The van der Waals surface area contributed by atoms with E-state index in [4.69, 9.17) is 0 Å². The molecule has 3 aromatic rings. The standard InChI is InChI=1S/C15H12BrNS/c16-13-8-15(18-10-13)9-17-14-6-5-11-3-1-2-4-12(11)7-14/h1-8,10,17H,9H2. The van der Waals surface area contributed by atoms with Crippen molar-refractivity contribution in [1.82, 2.24) is 0 Å². The van der Waals surface area contributed by atoms with E-state index in [2.05, 4.69) is 75.2 Å². The zero-order valence-corrected chi connectivity index (χ0v) is 12.1.